The summed E-state index contributed by atoms with van der Waals surface area (Å²) in [5.74, 6) is 0. The Morgan fingerprint density at radius 3 is 2.82 bits per heavy atom. The number of carbonyl (C=O) groups is 1. The van der Waals surface area contributed by atoms with Crippen LogP contribution < -0.4 is 5.32 Å². The predicted molar refractivity (Wildman–Crippen MR) is 66.5 cm³/mol. The van der Waals surface area contributed by atoms with Crippen molar-refractivity contribution >= 4 is 6.09 Å². The summed E-state index contributed by atoms with van der Waals surface area (Å²) in [5, 5.41) is 2.88. The number of allylic oxidation sites excluding steroid dienone is 1. The Bertz CT molecular complexity index is 386. The molecule has 1 aliphatic carbocycles. The maximum atomic E-state index is 11.5. The first-order valence-corrected chi connectivity index (χ1v) is 5.97. The Morgan fingerprint density at radius 2 is 2.12 bits per heavy atom. The predicted octanol–water partition coefficient (Wildman–Crippen LogP) is 3.02. The van der Waals surface area contributed by atoms with Gasteiger partial charge in [0.1, 0.15) is 6.61 Å². The molecular formula is C14H17NO2. The number of alkyl carbamates (subject to hydrolysis) is 1. The van der Waals surface area contributed by atoms with E-state index in [1.807, 2.05) is 30.3 Å². The minimum absolute atomic E-state index is 0.225. The quantitative estimate of drug-likeness (QED) is 0.812. The number of ether oxygens (including phenoxy) is 1. The minimum atomic E-state index is -0.325. The molecule has 1 N–H and O–H groups in total. The molecule has 0 radical (unpaired) electrons. The van der Waals surface area contributed by atoms with E-state index in [9.17, 15) is 4.79 Å². The van der Waals surface area contributed by atoms with Gasteiger partial charge in [-0.2, -0.15) is 0 Å². The number of nitrogens with one attached hydrogen (secondary N) is 1. The topological polar surface area (TPSA) is 38.3 Å². The van der Waals surface area contributed by atoms with Crippen LogP contribution in [-0.4, -0.2) is 12.1 Å². The van der Waals surface area contributed by atoms with E-state index in [2.05, 4.69) is 17.5 Å². The monoisotopic (exact) mass is 231 g/mol. The van der Waals surface area contributed by atoms with E-state index in [4.69, 9.17) is 4.74 Å². The van der Waals surface area contributed by atoms with E-state index in [0.717, 1.165) is 24.8 Å². The average Bonchev–Trinajstić information content (AvgIpc) is 2.39. The molecule has 0 bridgehead atoms. The number of carbonyl (C=O) groups excluding carboxylic acids is 1. The first kappa shape index (κ1) is 11.7. The van der Waals surface area contributed by atoms with Crippen molar-refractivity contribution in [3.05, 3.63) is 48.0 Å². The molecule has 0 spiro atoms. The molecule has 0 aromatic heterocycles. The smallest absolute Gasteiger partial charge is 0.407 e. The van der Waals surface area contributed by atoms with Gasteiger partial charge in [-0.3, -0.25) is 0 Å². The van der Waals surface area contributed by atoms with Crippen molar-refractivity contribution < 1.29 is 9.53 Å². The number of rotatable bonds is 3. The van der Waals surface area contributed by atoms with Crippen molar-refractivity contribution in [2.75, 3.05) is 0 Å². The van der Waals surface area contributed by atoms with Crippen molar-refractivity contribution in [1.29, 1.82) is 0 Å². The van der Waals surface area contributed by atoms with Crippen LogP contribution in [0.4, 0.5) is 4.79 Å². The van der Waals surface area contributed by atoms with Gasteiger partial charge in [0.2, 0.25) is 0 Å². The highest BCUT2D eigenvalue weighted by Crippen LogP contribution is 2.10. The zero-order valence-electron chi connectivity index (χ0n) is 9.76. The second kappa shape index (κ2) is 6.09. The van der Waals surface area contributed by atoms with Crippen molar-refractivity contribution in [1.82, 2.24) is 5.32 Å². The van der Waals surface area contributed by atoms with Gasteiger partial charge in [-0.15, -0.1) is 0 Å². The fourth-order valence-electron chi connectivity index (χ4n) is 1.86. The molecule has 3 heteroatoms. The van der Waals surface area contributed by atoms with E-state index in [1.165, 1.54) is 0 Å². The highest BCUT2D eigenvalue weighted by Gasteiger charge is 2.13. The van der Waals surface area contributed by atoms with Gasteiger partial charge in [-0.25, -0.2) is 4.79 Å². The van der Waals surface area contributed by atoms with E-state index in [1.54, 1.807) is 0 Å². The van der Waals surface area contributed by atoms with Gasteiger partial charge >= 0.3 is 6.09 Å². The number of hydrogen-bond donors (Lipinski definition) is 1. The third kappa shape index (κ3) is 3.94. The van der Waals surface area contributed by atoms with Gasteiger partial charge in [-0.1, -0.05) is 42.5 Å². The average molecular weight is 231 g/mol. The molecule has 0 fully saturated rings. The summed E-state index contributed by atoms with van der Waals surface area (Å²) >= 11 is 0. The zero-order valence-corrected chi connectivity index (χ0v) is 9.76. The normalized spacial score (nSPS) is 18.7. The van der Waals surface area contributed by atoms with E-state index >= 15 is 0 Å². The Labute approximate surface area is 101 Å². The highest BCUT2D eigenvalue weighted by atomic mass is 16.5. The van der Waals surface area contributed by atoms with Crippen LogP contribution in [0.15, 0.2) is 42.5 Å². The van der Waals surface area contributed by atoms with Gasteiger partial charge in [0, 0.05) is 6.04 Å². The minimum Gasteiger partial charge on any atom is -0.445 e. The Morgan fingerprint density at radius 1 is 1.29 bits per heavy atom. The van der Waals surface area contributed by atoms with Crippen LogP contribution >= 0.6 is 0 Å². The lowest BCUT2D eigenvalue weighted by atomic mass is 10.0. The van der Waals surface area contributed by atoms with Gasteiger partial charge in [-0.05, 0) is 24.8 Å². The maximum Gasteiger partial charge on any atom is 0.407 e. The standard InChI is InChI=1S/C14H17NO2/c16-14(15-13-9-5-2-6-10-13)17-11-12-7-3-1-4-8-12/h1-5,7-8,13H,6,9-11H2,(H,15,16)/t13-/m1/s1. The van der Waals surface area contributed by atoms with Crippen molar-refractivity contribution in [2.24, 2.45) is 0 Å². The molecule has 1 atom stereocenters. The van der Waals surface area contributed by atoms with Gasteiger partial charge in [0.25, 0.3) is 0 Å². The Balaban J connectivity index is 1.72. The molecule has 90 valence electrons. The number of amides is 1. The summed E-state index contributed by atoms with van der Waals surface area (Å²) in [4.78, 5) is 11.5. The molecule has 0 unspecified atom stereocenters. The largest absolute Gasteiger partial charge is 0.445 e. The lowest BCUT2D eigenvalue weighted by Gasteiger charge is -2.18. The summed E-state index contributed by atoms with van der Waals surface area (Å²) in [6.07, 6.45) is 6.86. The van der Waals surface area contributed by atoms with Crippen LogP contribution in [0, 0.1) is 0 Å². The molecule has 1 aliphatic rings. The summed E-state index contributed by atoms with van der Waals surface area (Å²) < 4.78 is 5.16. The molecule has 0 aliphatic heterocycles. The van der Waals surface area contributed by atoms with Crippen molar-refractivity contribution in [3.63, 3.8) is 0 Å². The van der Waals surface area contributed by atoms with Gasteiger partial charge < -0.3 is 10.1 Å². The van der Waals surface area contributed by atoms with E-state index < -0.39 is 0 Å². The first-order chi connectivity index (χ1) is 8.34. The zero-order chi connectivity index (χ0) is 11.9. The molecule has 1 aromatic carbocycles. The number of hydrogen-bond acceptors (Lipinski definition) is 2. The third-order valence-electron chi connectivity index (χ3n) is 2.80. The Hall–Kier alpha value is -1.77. The number of benzene rings is 1. The van der Waals surface area contributed by atoms with Crippen molar-refractivity contribution in [3.8, 4) is 0 Å². The van der Waals surface area contributed by atoms with Gasteiger partial charge in [0.15, 0.2) is 0 Å². The lowest BCUT2D eigenvalue weighted by Crippen LogP contribution is -2.35. The molecule has 1 aromatic rings. The molecule has 0 heterocycles. The lowest BCUT2D eigenvalue weighted by molar-refractivity contribution is 0.135. The van der Waals surface area contributed by atoms with Crippen LogP contribution in [-0.2, 0) is 11.3 Å². The van der Waals surface area contributed by atoms with Crippen LogP contribution in [0.2, 0.25) is 0 Å². The van der Waals surface area contributed by atoms with E-state index in [-0.39, 0.29) is 12.1 Å². The van der Waals surface area contributed by atoms with Crippen LogP contribution in [0.1, 0.15) is 24.8 Å². The highest BCUT2D eigenvalue weighted by molar-refractivity contribution is 5.67. The van der Waals surface area contributed by atoms with Crippen LogP contribution in [0.3, 0.4) is 0 Å². The molecule has 1 amide bonds. The summed E-state index contributed by atoms with van der Waals surface area (Å²) in [5.41, 5.74) is 1.01. The molecule has 17 heavy (non-hydrogen) atoms. The third-order valence-corrected chi connectivity index (χ3v) is 2.80. The fraction of sp³-hybridized carbons (Fsp3) is 0.357. The molecule has 0 saturated heterocycles. The van der Waals surface area contributed by atoms with E-state index in [0.29, 0.717) is 6.61 Å². The maximum absolute atomic E-state index is 11.5. The summed E-state index contributed by atoms with van der Waals surface area (Å²) in [6, 6.07) is 9.92. The second-order valence-electron chi connectivity index (χ2n) is 4.19. The Kier molecular flexibility index (Phi) is 4.19. The fourth-order valence-corrected chi connectivity index (χ4v) is 1.86. The van der Waals surface area contributed by atoms with Crippen LogP contribution in [0.5, 0.6) is 0 Å². The second-order valence-corrected chi connectivity index (χ2v) is 4.19. The SMILES string of the molecule is O=C(N[C@@H]1CC=CCC1)OCc1ccccc1. The molecular weight excluding hydrogens is 214 g/mol. The van der Waals surface area contributed by atoms with Crippen molar-refractivity contribution in [2.45, 2.75) is 31.9 Å². The van der Waals surface area contributed by atoms with Gasteiger partial charge in [0.05, 0.1) is 0 Å². The molecule has 3 nitrogen and oxygen atoms in total. The summed E-state index contributed by atoms with van der Waals surface area (Å²) in [6.45, 7) is 0.329. The van der Waals surface area contributed by atoms with Crippen LogP contribution in [0.25, 0.3) is 0 Å². The molecule has 2 rings (SSSR count). The summed E-state index contributed by atoms with van der Waals surface area (Å²) in [7, 11) is 0. The molecule has 0 saturated carbocycles. The first-order valence-electron chi connectivity index (χ1n) is 5.97.